The Hall–Kier alpha value is -1.59. The van der Waals surface area contributed by atoms with Crippen LogP contribution in [0.25, 0.3) is 0 Å². The molecule has 1 fully saturated rings. The first-order valence-electron chi connectivity index (χ1n) is 5.87. The van der Waals surface area contributed by atoms with E-state index in [2.05, 4.69) is 4.98 Å². The number of carbonyl (C=O) groups is 1. The summed E-state index contributed by atoms with van der Waals surface area (Å²) in [4.78, 5) is 17.6. The molecule has 0 saturated carbocycles. The molecule has 0 bridgehead atoms. The van der Waals surface area contributed by atoms with Crippen molar-refractivity contribution >= 4 is 27.5 Å². The summed E-state index contributed by atoms with van der Waals surface area (Å²) in [6, 6.07) is 4.86. The van der Waals surface area contributed by atoms with Crippen molar-refractivity contribution in [1.29, 1.82) is 5.26 Å². The first-order chi connectivity index (χ1) is 9.43. The standard InChI is InChI=1S/C12H13N3O3S2/c1-20(17,18)11-8-19-5-4-15(11)12(16)10-3-2-9(6-13)7-14-10/h2-3,7,11H,4-5,8H2,1H3. The maximum absolute atomic E-state index is 12.4. The van der Waals surface area contributed by atoms with Crippen LogP contribution in [0.15, 0.2) is 18.3 Å². The fourth-order valence-corrected chi connectivity index (χ4v) is 4.72. The van der Waals surface area contributed by atoms with Crippen molar-refractivity contribution in [2.24, 2.45) is 0 Å². The van der Waals surface area contributed by atoms with Gasteiger partial charge in [0.1, 0.15) is 17.1 Å². The van der Waals surface area contributed by atoms with E-state index in [0.29, 0.717) is 23.6 Å². The molecule has 0 aromatic carbocycles. The Balaban J connectivity index is 2.28. The lowest BCUT2D eigenvalue weighted by Gasteiger charge is -2.33. The summed E-state index contributed by atoms with van der Waals surface area (Å²) >= 11 is 1.52. The highest BCUT2D eigenvalue weighted by molar-refractivity contribution is 8.00. The molecule has 1 aliphatic rings. The van der Waals surface area contributed by atoms with E-state index in [0.717, 1.165) is 6.26 Å². The highest BCUT2D eigenvalue weighted by Crippen LogP contribution is 2.22. The minimum absolute atomic E-state index is 0.157. The molecular weight excluding hydrogens is 298 g/mol. The van der Waals surface area contributed by atoms with Gasteiger partial charge in [0.25, 0.3) is 5.91 Å². The molecule has 106 valence electrons. The van der Waals surface area contributed by atoms with Crippen LogP contribution in [0.1, 0.15) is 16.1 Å². The van der Waals surface area contributed by atoms with Gasteiger partial charge in [0.15, 0.2) is 9.84 Å². The van der Waals surface area contributed by atoms with Crippen LogP contribution in [-0.4, -0.2) is 53.9 Å². The van der Waals surface area contributed by atoms with Crippen LogP contribution < -0.4 is 0 Å². The highest BCUT2D eigenvalue weighted by atomic mass is 32.2. The van der Waals surface area contributed by atoms with Crippen LogP contribution in [0, 0.1) is 11.3 Å². The van der Waals surface area contributed by atoms with E-state index in [1.54, 1.807) is 0 Å². The number of sulfone groups is 1. The first kappa shape index (κ1) is 14.8. The van der Waals surface area contributed by atoms with E-state index in [9.17, 15) is 13.2 Å². The van der Waals surface area contributed by atoms with Crippen LogP contribution in [0.3, 0.4) is 0 Å². The average Bonchev–Trinajstić information content (AvgIpc) is 2.46. The Morgan fingerprint density at radius 1 is 1.55 bits per heavy atom. The lowest BCUT2D eigenvalue weighted by atomic mass is 10.2. The largest absolute Gasteiger partial charge is 0.319 e. The predicted molar refractivity (Wildman–Crippen MR) is 75.9 cm³/mol. The zero-order valence-electron chi connectivity index (χ0n) is 10.8. The molecule has 8 heteroatoms. The van der Waals surface area contributed by atoms with E-state index in [-0.39, 0.29) is 5.69 Å². The first-order valence-corrected chi connectivity index (χ1v) is 8.98. The SMILES string of the molecule is CS(=O)(=O)C1CSCCN1C(=O)c1ccc(C#N)cn1. The smallest absolute Gasteiger partial charge is 0.273 e. The van der Waals surface area contributed by atoms with Crippen LogP contribution in [0.5, 0.6) is 0 Å². The quantitative estimate of drug-likeness (QED) is 0.790. The Kier molecular flexibility index (Phi) is 4.30. The second kappa shape index (κ2) is 5.81. The molecule has 0 radical (unpaired) electrons. The zero-order chi connectivity index (χ0) is 14.8. The van der Waals surface area contributed by atoms with Gasteiger partial charge in [-0.15, -0.1) is 0 Å². The van der Waals surface area contributed by atoms with Crippen molar-refractivity contribution in [3.8, 4) is 6.07 Å². The number of hydrogen-bond donors (Lipinski definition) is 0. The van der Waals surface area contributed by atoms with Crippen LogP contribution in [-0.2, 0) is 9.84 Å². The molecule has 1 aromatic rings. The summed E-state index contributed by atoms with van der Waals surface area (Å²) in [7, 11) is -3.34. The molecule has 2 heterocycles. The molecule has 0 aliphatic carbocycles. The molecule has 1 unspecified atom stereocenters. The molecule has 1 amide bonds. The Labute approximate surface area is 121 Å². The Bertz CT molecular complexity index is 650. The van der Waals surface area contributed by atoms with E-state index in [1.807, 2.05) is 6.07 Å². The summed E-state index contributed by atoms with van der Waals surface area (Å²) in [5.74, 6) is 0.666. The molecule has 0 N–H and O–H groups in total. The normalized spacial score (nSPS) is 19.4. The number of nitriles is 1. The second-order valence-electron chi connectivity index (χ2n) is 4.40. The van der Waals surface area contributed by atoms with E-state index >= 15 is 0 Å². The number of rotatable bonds is 2. The lowest BCUT2D eigenvalue weighted by Crippen LogP contribution is -2.50. The number of thioether (sulfide) groups is 1. The molecule has 1 atom stereocenters. The number of hydrogen-bond acceptors (Lipinski definition) is 6. The molecule has 20 heavy (non-hydrogen) atoms. The van der Waals surface area contributed by atoms with Crippen LogP contribution in [0.4, 0.5) is 0 Å². The van der Waals surface area contributed by atoms with Gasteiger partial charge >= 0.3 is 0 Å². The third-order valence-electron chi connectivity index (χ3n) is 2.95. The van der Waals surface area contributed by atoms with Gasteiger partial charge < -0.3 is 4.90 Å². The van der Waals surface area contributed by atoms with Gasteiger partial charge in [-0.05, 0) is 12.1 Å². The van der Waals surface area contributed by atoms with Gasteiger partial charge in [0, 0.05) is 30.5 Å². The fraction of sp³-hybridized carbons (Fsp3) is 0.417. The summed E-state index contributed by atoms with van der Waals surface area (Å²) in [5, 5.41) is 7.88. The Morgan fingerprint density at radius 3 is 2.85 bits per heavy atom. The third kappa shape index (κ3) is 3.11. The molecule has 2 rings (SSSR count). The average molecular weight is 311 g/mol. The van der Waals surface area contributed by atoms with Crippen LogP contribution in [0.2, 0.25) is 0 Å². The van der Waals surface area contributed by atoms with Gasteiger partial charge in [0.05, 0.1) is 5.56 Å². The number of aromatic nitrogens is 1. The van der Waals surface area contributed by atoms with E-state index < -0.39 is 21.1 Å². The number of pyridine rings is 1. The van der Waals surface area contributed by atoms with Gasteiger partial charge in [-0.1, -0.05) is 0 Å². The summed E-state index contributed by atoms with van der Waals surface area (Å²) in [6.45, 7) is 0.378. The number of amides is 1. The topological polar surface area (TPSA) is 91.1 Å². The molecule has 6 nitrogen and oxygen atoms in total. The summed E-state index contributed by atoms with van der Waals surface area (Å²) < 4.78 is 23.5. The van der Waals surface area contributed by atoms with E-state index in [1.165, 1.54) is 35.0 Å². The maximum atomic E-state index is 12.4. The zero-order valence-corrected chi connectivity index (χ0v) is 12.4. The molecular formula is C12H13N3O3S2. The van der Waals surface area contributed by atoms with Crippen molar-refractivity contribution in [2.75, 3.05) is 24.3 Å². The summed E-state index contributed by atoms with van der Waals surface area (Å²) in [5.41, 5.74) is 0.514. The molecule has 0 spiro atoms. The minimum Gasteiger partial charge on any atom is -0.319 e. The monoisotopic (exact) mass is 311 g/mol. The van der Waals surface area contributed by atoms with Crippen molar-refractivity contribution in [1.82, 2.24) is 9.88 Å². The highest BCUT2D eigenvalue weighted by Gasteiger charge is 2.35. The third-order valence-corrected chi connectivity index (χ3v) is 5.59. The van der Waals surface area contributed by atoms with Crippen molar-refractivity contribution in [3.05, 3.63) is 29.6 Å². The van der Waals surface area contributed by atoms with E-state index in [4.69, 9.17) is 5.26 Å². The molecule has 1 aromatic heterocycles. The predicted octanol–water partition coefficient (Wildman–Crippen LogP) is 0.513. The maximum Gasteiger partial charge on any atom is 0.273 e. The van der Waals surface area contributed by atoms with Gasteiger partial charge in [-0.3, -0.25) is 4.79 Å². The number of nitrogens with zero attached hydrogens (tertiary/aromatic N) is 3. The van der Waals surface area contributed by atoms with Crippen molar-refractivity contribution in [2.45, 2.75) is 5.37 Å². The van der Waals surface area contributed by atoms with Gasteiger partial charge in [-0.2, -0.15) is 17.0 Å². The lowest BCUT2D eigenvalue weighted by molar-refractivity contribution is 0.0743. The fourth-order valence-electron chi connectivity index (χ4n) is 1.90. The minimum atomic E-state index is -3.34. The number of carbonyl (C=O) groups excluding carboxylic acids is 1. The molecule has 1 aliphatic heterocycles. The van der Waals surface area contributed by atoms with Gasteiger partial charge in [-0.25, -0.2) is 13.4 Å². The second-order valence-corrected chi connectivity index (χ2v) is 7.75. The Morgan fingerprint density at radius 2 is 2.30 bits per heavy atom. The van der Waals surface area contributed by atoms with Crippen molar-refractivity contribution < 1.29 is 13.2 Å². The van der Waals surface area contributed by atoms with Crippen LogP contribution >= 0.6 is 11.8 Å². The summed E-state index contributed by atoms with van der Waals surface area (Å²) in [6.07, 6.45) is 2.44. The molecule has 1 saturated heterocycles. The van der Waals surface area contributed by atoms with Gasteiger partial charge in [0.2, 0.25) is 0 Å². The van der Waals surface area contributed by atoms with Crippen molar-refractivity contribution in [3.63, 3.8) is 0 Å².